The molecule has 7 nitrogen and oxygen atoms in total. The van der Waals surface area contributed by atoms with Crippen LogP contribution >= 0.6 is 0 Å². The number of carbonyl (C=O) groups excluding carboxylic acids is 2. The molecule has 1 aromatic heterocycles. The number of nitrogens with zero attached hydrogens (tertiary/aromatic N) is 1. The van der Waals surface area contributed by atoms with E-state index >= 15 is 0 Å². The predicted octanol–water partition coefficient (Wildman–Crippen LogP) is 4.17. The third-order valence-corrected chi connectivity index (χ3v) is 6.99. The van der Waals surface area contributed by atoms with Gasteiger partial charge in [-0.1, -0.05) is 43.2 Å². The zero-order chi connectivity index (χ0) is 26.1. The molecule has 1 aliphatic carbocycles. The van der Waals surface area contributed by atoms with Crippen LogP contribution in [-0.4, -0.2) is 22.4 Å². The topological polar surface area (TPSA) is 89.4 Å². The van der Waals surface area contributed by atoms with Crippen LogP contribution in [0, 0.1) is 18.6 Å². The number of aryl methyl sites for hydroxylation is 1. The van der Waals surface area contributed by atoms with Gasteiger partial charge in [0.15, 0.2) is 11.4 Å². The molecule has 192 valence electrons. The van der Waals surface area contributed by atoms with Crippen LogP contribution in [0.2, 0.25) is 0 Å². The second-order valence-corrected chi connectivity index (χ2v) is 9.55. The zero-order valence-electron chi connectivity index (χ0n) is 20.4. The molecule has 9 heteroatoms. The molecule has 0 saturated heterocycles. The summed E-state index contributed by atoms with van der Waals surface area (Å²) in [6.45, 7) is 1.15. The number of halogens is 2. The van der Waals surface area contributed by atoms with Gasteiger partial charge in [-0.25, -0.2) is 8.78 Å². The highest BCUT2D eigenvalue weighted by atomic mass is 19.1. The summed E-state index contributed by atoms with van der Waals surface area (Å²) in [6, 6.07) is 11.2. The maximum atomic E-state index is 14.3. The highest BCUT2D eigenvalue weighted by molar-refractivity contribution is 5.99. The fourth-order valence-electron chi connectivity index (χ4n) is 5.13. The molecule has 2 amide bonds. The summed E-state index contributed by atoms with van der Waals surface area (Å²) in [5.41, 5.74) is -0.0284. The summed E-state index contributed by atoms with van der Waals surface area (Å²) in [4.78, 5) is 39.7. The summed E-state index contributed by atoms with van der Waals surface area (Å²) in [6.07, 6.45) is 4.84. The largest absolute Gasteiger partial charge is 0.483 e. The fourth-order valence-corrected chi connectivity index (χ4v) is 5.13. The van der Waals surface area contributed by atoms with Crippen LogP contribution in [0.1, 0.15) is 69.3 Å². The molecule has 2 aliphatic rings. The number of amides is 2. The van der Waals surface area contributed by atoms with Gasteiger partial charge in [0.25, 0.3) is 11.8 Å². The first kappa shape index (κ1) is 24.7. The average molecular weight is 508 g/mol. The Labute approximate surface area is 212 Å². The van der Waals surface area contributed by atoms with Crippen molar-refractivity contribution in [3.05, 3.63) is 98.5 Å². The van der Waals surface area contributed by atoms with Crippen LogP contribution in [0.15, 0.2) is 53.5 Å². The maximum absolute atomic E-state index is 14.3. The smallest absolute Gasteiger partial charge is 0.272 e. The van der Waals surface area contributed by atoms with E-state index in [9.17, 15) is 23.2 Å². The third-order valence-electron chi connectivity index (χ3n) is 6.99. The van der Waals surface area contributed by atoms with Gasteiger partial charge in [0, 0.05) is 24.3 Å². The monoisotopic (exact) mass is 507 g/mol. The number of fused-ring (bicyclic) bond motifs is 3. The Kier molecular flexibility index (Phi) is 6.78. The van der Waals surface area contributed by atoms with E-state index in [1.807, 2.05) is 30.3 Å². The Morgan fingerprint density at radius 3 is 2.54 bits per heavy atom. The van der Waals surface area contributed by atoms with Crippen LogP contribution in [0.4, 0.5) is 8.78 Å². The van der Waals surface area contributed by atoms with Crippen LogP contribution in [0.5, 0.6) is 5.75 Å². The van der Waals surface area contributed by atoms with Crippen molar-refractivity contribution in [2.24, 2.45) is 0 Å². The number of hydrogen-bond acceptors (Lipinski definition) is 4. The normalized spacial score (nSPS) is 18.4. The summed E-state index contributed by atoms with van der Waals surface area (Å²) in [7, 11) is 0. The molecule has 2 N–H and O–H groups in total. The third kappa shape index (κ3) is 4.85. The second kappa shape index (κ2) is 10.2. The van der Waals surface area contributed by atoms with Gasteiger partial charge in [0.2, 0.25) is 5.43 Å². The molecule has 2 aromatic carbocycles. The van der Waals surface area contributed by atoms with E-state index in [0.717, 1.165) is 31.2 Å². The molecular formula is C28H27F2N3O4. The van der Waals surface area contributed by atoms with E-state index in [4.69, 9.17) is 4.74 Å². The summed E-state index contributed by atoms with van der Waals surface area (Å²) in [5.74, 6) is -3.02. The Balaban J connectivity index is 1.52. The number of rotatable bonds is 6. The molecule has 5 rings (SSSR count). The van der Waals surface area contributed by atoms with E-state index in [2.05, 4.69) is 10.6 Å². The molecular weight excluding hydrogens is 480 g/mol. The van der Waals surface area contributed by atoms with Crippen LogP contribution in [0.3, 0.4) is 0 Å². The lowest BCUT2D eigenvalue weighted by Crippen LogP contribution is -2.50. The lowest BCUT2D eigenvalue weighted by atomic mass is 9.87. The fraction of sp³-hybridized carbons (Fsp3) is 0.321. The number of carbonyl (C=O) groups is 2. The molecule has 1 saturated carbocycles. The van der Waals surface area contributed by atoms with Gasteiger partial charge in [-0.15, -0.1) is 0 Å². The first-order valence-electron chi connectivity index (χ1n) is 12.3. The number of ether oxygens (including phenoxy) is 1. The standard InChI is InChI=1S/C28H27F2N3O4/c1-16-11-20(29)18(21(30)12-16)13-31-27(35)19-14-33-23-10-6-5-9-22(23)32-28(36)24(33)26(25(19)34)37-15-17-7-3-2-4-8-17/h2-4,7-8,11-12,14,22-23H,5-6,9-10,13,15H2,1H3,(H,31,35)(H,32,36)/t22-,23-/m0/s1. The van der Waals surface area contributed by atoms with E-state index in [0.29, 0.717) is 5.56 Å². The molecule has 1 aliphatic heterocycles. The first-order chi connectivity index (χ1) is 17.8. The van der Waals surface area contributed by atoms with Crippen LogP contribution in [-0.2, 0) is 13.2 Å². The second-order valence-electron chi connectivity index (χ2n) is 9.55. The molecule has 1 fully saturated rings. The predicted molar refractivity (Wildman–Crippen MR) is 133 cm³/mol. The minimum atomic E-state index is -0.803. The molecule has 0 unspecified atom stereocenters. The summed E-state index contributed by atoms with van der Waals surface area (Å²) in [5, 5.41) is 5.45. The highest BCUT2D eigenvalue weighted by Gasteiger charge is 2.38. The van der Waals surface area contributed by atoms with E-state index in [1.54, 1.807) is 11.5 Å². The Morgan fingerprint density at radius 1 is 1.11 bits per heavy atom. The molecule has 0 bridgehead atoms. The van der Waals surface area contributed by atoms with Gasteiger partial charge >= 0.3 is 0 Å². The van der Waals surface area contributed by atoms with Crippen LogP contribution < -0.4 is 20.8 Å². The van der Waals surface area contributed by atoms with E-state index < -0.39 is 35.4 Å². The number of nitrogens with one attached hydrogen (secondary N) is 2. The first-order valence-corrected chi connectivity index (χ1v) is 12.3. The number of benzene rings is 2. The van der Waals surface area contributed by atoms with Gasteiger partial charge in [-0.05, 0) is 43.0 Å². The van der Waals surface area contributed by atoms with E-state index in [1.165, 1.54) is 18.3 Å². The van der Waals surface area contributed by atoms with Crippen molar-refractivity contribution in [2.45, 2.75) is 57.8 Å². The van der Waals surface area contributed by atoms with Crippen molar-refractivity contribution in [1.82, 2.24) is 15.2 Å². The zero-order valence-corrected chi connectivity index (χ0v) is 20.4. The average Bonchev–Trinajstić information content (AvgIpc) is 2.87. The van der Waals surface area contributed by atoms with Crippen molar-refractivity contribution in [1.29, 1.82) is 0 Å². The van der Waals surface area contributed by atoms with Gasteiger partial charge in [-0.3, -0.25) is 14.4 Å². The Morgan fingerprint density at radius 2 is 1.81 bits per heavy atom. The summed E-state index contributed by atoms with van der Waals surface area (Å²) >= 11 is 0. The molecule has 37 heavy (non-hydrogen) atoms. The van der Waals surface area contributed by atoms with Gasteiger partial charge in [0.05, 0.1) is 6.04 Å². The van der Waals surface area contributed by atoms with Gasteiger partial charge in [-0.2, -0.15) is 0 Å². The Bertz CT molecular complexity index is 1400. The maximum Gasteiger partial charge on any atom is 0.272 e. The quantitative estimate of drug-likeness (QED) is 0.524. The summed E-state index contributed by atoms with van der Waals surface area (Å²) < 4.78 is 36.2. The van der Waals surface area contributed by atoms with Crippen molar-refractivity contribution >= 4 is 11.8 Å². The minimum Gasteiger partial charge on any atom is -0.483 e. The van der Waals surface area contributed by atoms with Crippen molar-refractivity contribution in [3.63, 3.8) is 0 Å². The molecule has 0 spiro atoms. The molecule has 2 heterocycles. The van der Waals surface area contributed by atoms with Gasteiger partial charge < -0.3 is 19.9 Å². The van der Waals surface area contributed by atoms with Crippen LogP contribution in [0.25, 0.3) is 0 Å². The van der Waals surface area contributed by atoms with Crippen molar-refractivity contribution in [3.8, 4) is 5.75 Å². The highest BCUT2D eigenvalue weighted by Crippen LogP contribution is 2.35. The molecule has 2 atom stereocenters. The minimum absolute atomic E-state index is 0.0231. The SMILES string of the molecule is Cc1cc(F)c(CNC(=O)c2cn3c(c(OCc4ccccc4)c2=O)C(=O)N[C@H]2CCCC[C@@H]23)c(F)c1. The molecule has 0 radical (unpaired) electrons. The molecule has 3 aromatic rings. The number of aromatic nitrogens is 1. The van der Waals surface area contributed by atoms with Crippen molar-refractivity contribution in [2.75, 3.05) is 0 Å². The lowest BCUT2D eigenvalue weighted by molar-refractivity contribution is 0.0834. The Hall–Kier alpha value is -4.01. The number of pyridine rings is 1. The van der Waals surface area contributed by atoms with E-state index in [-0.39, 0.29) is 41.3 Å². The van der Waals surface area contributed by atoms with Gasteiger partial charge in [0.1, 0.15) is 23.8 Å². The number of hydrogen-bond donors (Lipinski definition) is 2. The van der Waals surface area contributed by atoms with Crippen molar-refractivity contribution < 1.29 is 23.1 Å². The lowest BCUT2D eigenvalue weighted by Gasteiger charge is -2.39.